The highest BCUT2D eigenvalue weighted by Crippen LogP contribution is 2.31. The molecule has 2 nitrogen and oxygen atoms in total. The summed E-state index contributed by atoms with van der Waals surface area (Å²) in [5.41, 5.74) is 0.895. The molecule has 100 valence electrons. The molecule has 18 heavy (non-hydrogen) atoms. The molecule has 1 fully saturated rings. The minimum atomic E-state index is -0.543. The van der Waals surface area contributed by atoms with E-state index in [0.29, 0.717) is 12.0 Å². The van der Waals surface area contributed by atoms with Gasteiger partial charge >= 0.3 is 0 Å². The topological polar surface area (TPSA) is 15.3 Å². The molecular formula is C13H17Cl2FN2. The molecule has 0 amide bonds. The van der Waals surface area contributed by atoms with Gasteiger partial charge in [0.2, 0.25) is 0 Å². The normalized spacial score (nSPS) is 20.6. The Kier molecular flexibility index (Phi) is 4.36. The van der Waals surface area contributed by atoms with Gasteiger partial charge in [0.1, 0.15) is 0 Å². The van der Waals surface area contributed by atoms with Gasteiger partial charge < -0.3 is 10.2 Å². The van der Waals surface area contributed by atoms with Crippen LogP contribution in [0.4, 0.5) is 10.1 Å². The maximum absolute atomic E-state index is 13.4. The molecule has 0 radical (unpaired) electrons. The molecule has 1 aromatic rings. The van der Waals surface area contributed by atoms with Crippen LogP contribution in [0.15, 0.2) is 12.1 Å². The van der Waals surface area contributed by atoms with Gasteiger partial charge in [-0.2, -0.15) is 0 Å². The van der Waals surface area contributed by atoms with E-state index in [-0.39, 0.29) is 10.0 Å². The van der Waals surface area contributed by atoms with E-state index in [1.165, 1.54) is 0 Å². The van der Waals surface area contributed by atoms with E-state index in [1.54, 1.807) is 12.1 Å². The van der Waals surface area contributed by atoms with Crippen molar-refractivity contribution < 1.29 is 4.39 Å². The number of halogens is 3. The van der Waals surface area contributed by atoms with E-state index < -0.39 is 5.82 Å². The Balaban J connectivity index is 2.34. The lowest BCUT2D eigenvalue weighted by Gasteiger charge is -2.40. The quantitative estimate of drug-likeness (QED) is 0.838. The summed E-state index contributed by atoms with van der Waals surface area (Å²) in [7, 11) is 0. The van der Waals surface area contributed by atoms with Crippen LogP contribution < -0.4 is 10.2 Å². The zero-order valence-electron chi connectivity index (χ0n) is 10.5. The molecule has 1 aromatic carbocycles. The van der Waals surface area contributed by atoms with Crippen molar-refractivity contribution in [2.24, 2.45) is 5.92 Å². The first-order valence-electron chi connectivity index (χ1n) is 6.12. The van der Waals surface area contributed by atoms with Crippen molar-refractivity contribution in [1.29, 1.82) is 0 Å². The van der Waals surface area contributed by atoms with E-state index in [1.807, 2.05) is 0 Å². The minimum absolute atomic E-state index is 0.0820. The van der Waals surface area contributed by atoms with Gasteiger partial charge in [0.25, 0.3) is 0 Å². The Bertz CT molecular complexity index is 414. The summed E-state index contributed by atoms with van der Waals surface area (Å²) < 4.78 is 13.4. The van der Waals surface area contributed by atoms with Crippen molar-refractivity contribution in [3.8, 4) is 0 Å². The summed E-state index contributed by atoms with van der Waals surface area (Å²) >= 11 is 11.7. The van der Waals surface area contributed by atoms with Crippen LogP contribution in [0.1, 0.15) is 13.8 Å². The van der Waals surface area contributed by atoms with E-state index in [2.05, 4.69) is 24.1 Å². The first-order valence-corrected chi connectivity index (χ1v) is 6.88. The summed E-state index contributed by atoms with van der Waals surface area (Å²) in [6.07, 6.45) is 0. The summed E-state index contributed by atoms with van der Waals surface area (Å²) in [6.45, 7) is 7.07. The van der Waals surface area contributed by atoms with E-state index in [9.17, 15) is 4.39 Å². The van der Waals surface area contributed by atoms with Gasteiger partial charge in [0, 0.05) is 31.4 Å². The molecule has 0 saturated carbocycles. The van der Waals surface area contributed by atoms with Gasteiger partial charge in [-0.25, -0.2) is 4.39 Å². The van der Waals surface area contributed by atoms with Crippen LogP contribution in [0, 0.1) is 11.7 Å². The van der Waals surface area contributed by atoms with Gasteiger partial charge in [-0.3, -0.25) is 0 Å². The fraction of sp³-hybridized carbons (Fsp3) is 0.538. The second-order valence-electron chi connectivity index (χ2n) is 4.93. The number of anilines is 1. The molecule has 1 aliphatic rings. The number of nitrogens with one attached hydrogen (secondary N) is 1. The van der Waals surface area contributed by atoms with Crippen LogP contribution in [0.3, 0.4) is 0 Å². The Morgan fingerprint density at radius 1 is 1.33 bits per heavy atom. The van der Waals surface area contributed by atoms with Crippen molar-refractivity contribution in [2.75, 3.05) is 24.5 Å². The first kappa shape index (κ1) is 13.9. The van der Waals surface area contributed by atoms with Crippen LogP contribution in [0.2, 0.25) is 10.0 Å². The Hall–Kier alpha value is -0.510. The molecule has 1 saturated heterocycles. The molecule has 1 aliphatic heterocycles. The number of hydrogen-bond acceptors (Lipinski definition) is 2. The molecule has 2 rings (SSSR count). The zero-order chi connectivity index (χ0) is 13.3. The maximum Gasteiger partial charge on any atom is 0.160 e. The molecular weight excluding hydrogens is 274 g/mol. The standard InChI is InChI=1S/C13H17Cl2FN2/c1-8(2)12-7-17-3-4-18(12)9-5-10(14)13(16)11(15)6-9/h5-6,8,12,17H,3-4,7H2,1-2H3. The smallest absolute Gasteiger partial charge is 0.160 e. The highest BCUT2D eigenvalue weighted by molar-refractivity contribution is 6.35. The number of benzene rings is 1. The van der Waals surface area contributed by atoms with E-state index >= 15 is 0 Å². The lowest BCUT2D eigenvalue weighted by Crippen LogP contribution is -2.53. The summed E-state index contributed by atoms with van der Waals surface area (Å²) in [5, 5.41) is 3.54. The molecule has 5 heteroatoms. The van der Waals surface area contributed by atoms with Crippen molar-refractivity contribution >= 4 is 28.9 Å². The molecule has 1 N–H and O–H groups in total. The van der Waals surface area contributed by atoms with Gasteiger partial charge in [-0.1, -0.05) is 37.0 Å². The molecule has 0 aliphatic carbocycles. The molecule has 1 heterocycles. The summed E-state index contributed by atoms with van der Waals surface area (Å²) in [5.74, 6) is -0.0429. The van der Waals surface area contributed by atoms with Crippen molar-refractivity contribution in [3.63, 3.8) is 0 Å². The second-order valence-corrected chi connectivity index (χ2v) is 5.75. The molecule has 0 aromatic heterocycles. The number of piperazine rings is 1. The Morgan fingerprint density at radius 3 is 2.50 bits per heavy atom. The fourth-order valence-corrected chi connectivity index (χ4v) is 2.83. The molecule has 1 unspecified atom stereocenters. The zero-order valence-corrected chi connectivity index (χ0v) is 12.0. The number of nitrogens with zero attached hydrogens (tertiary/aromatic N) is 1. The van der Waals surface area contributed by atoms with Crippen LogP contribution in [-0.4, -0.2) is 25.7 Å². The maximum atomic E-state index is 13.4. The van der Waals surface area contributed by atoms with Crippen molar-refractivity contribution in [2.45, 2.75) is 19.9 Å². The Labute approximate surface area is 117 Å². The van der Waals surface area contributed by atoms with Gasteiger partial charge in [-0.15, -0.1) is 0 Å². The van der Waals surface area contributed by atoms with Crippen LogP contribution in [-0.2, 0) is 0 Å². The third-order valence-corrected chi connectivity index (χ3v) is 3.90. The number of hydrogen-bond donors (Lipinski definition) is 1. The lowest BCUT2D eigenvalue weighted by molar-refractivity contribution is 0.390. The van der Waals surface area contributed by atoms with Crippen LogP contribution >= 0.6 is 23.2 Å². The lowest BCUT2D eigenvalue weighted by atomic mass is 10.00. The van der Waals surface area contributed by atoms with Crippen LogP contribution in [0.5, 0.6) is 0 Å². The average Bonchev–Trinajstić information content (AvgIpc) is 2.35. The van der Waals surface area contributed by atoms with Gasteiger partial charge in [0.15, 0.2) is 5.82 Å². The predicted octanol–water partition coefficient (Wildman–Crippen LogP) is 3.57. The average molecular weight is 291 g/mol. The Morgan fingerprint density at radius 2 is 1.94 bits per heavy atom. The first-order chi connectivity index (χ1) is 8.50. The number of rotatable bonds is 2. The molecule has 0 bridgehead atoms. The minimum Gasteiger partial charge on any atom is -0.366 e. The highest BCUT2D eigenvalue weighted by atomic mass is 35.5. The van der Waals surface area contributed by atoms with E-state index in [0.717, 1.165) is 25.3 Å². The third kappa shape index (κ3) is 2.73. The van der Waals surface area contributed by atoms with Crippen molar-refractivity contribution in [1.82, 2.24) is 5.32 Å². The molecule has 1 atom stereocenters. The van der Waals surface area contributed by atoms with Crippen LogP contribution in [0.25, 0.3) is 0 Å². The summed E-state index contributed by atoms with van der Waals surface area (Å²) in [4.78, 5) is 2.25. The van der Waals surface area contributed by atoms with Gasteiger partial charge in [0.05, 0.1) is 10.0 Å². The second kappa shape index (κ2) is 5.64. The highest BCUT2D eigenvalue weighted by Gasteiger charge is 2.26. The summed E-state index contributed by atoms with van der Waals surface area (Å²) in [6, 6.07) is 3.68. The SMILES string of the molecule is CC(C)C1CNCCN1c1cc(Cl)c(F)c(Cl)c1. The van der Waals surface area contributed by atoms with Crippen molar-refractivity contribution in [3.05, 3.63) is 28.0 Å². The largest absolute Gasteiger partial charge is 0.366 e. The van der Waals surface area contributed by atoms with Gasteiger partial charge in [-0.05, 0) is 18.1 Å². The fourth-order valence-electron chi connectivity index (χ4n) is 2.35. The van der Waals surface area contributed by atoms with E-state index in [4.69, 9.17) is 23.2 Å². The predicted molar refractivity (Wildman–Crippen MR) is 75.3 cm³/mol. The molecule has 0 spiro atoms. The monoisotopic (exact) mass is 290 g/mol. The third-order valence-electron chi connectivity index (χ3n) is 3.35.